The lowest BCUT2D eigenvalue weighted by atomic mass is 9.78. The molecule has 120 valence electrons. The summed E-state index contributed by atoms with van der Waals surface area (Å²) in [6.07, 6.45) is 0. The summed E-state index contributed by atoms with van der Waals surface area (Å²) >= 11 is 0. The molecule has 0 fully saturated rings. The van der Waals surface area contributed by atoms with Gasteiger partial charge in [0.2, 0.25) is 0 Å². The van der Waals surface area contributed by atoms with Gasteiger partial charge in [-0.15, -0.1) is 0 Å². The predicted octanol–water partition coefficient (Wildman–Crippen LogP) is 1.56. The van der Waals surface area contributed by atoms with Gasteiger partial charge in [-0.2, -0.15) is 0 Å². The summed E-state index contributed by atoms with van der Waals surface area (Å²) in [6.45, 7) is 6.53. The zero-order chi connectivity index (χ0) is 16.6. The van der Waals surface area contributed by atoms with Crippen molar-refractivity contribution in [1.29, 1.82) is 0 Å². The lowest BCUT2D eigenvalue weighted by molar-refractivity contribution is 0.174. The van der Waals surface area contributed by atoms with Gasteiger partial charge < -0.3 is 19.9 Å². The number of fused-ring (bicyclic) bond motifs is 1. The molecule has 0 aliphatic rings. The molecule has 2 aromatic rings. The van der Waals surface area contributed by atoms with Crippen molar-refractivity contribution in [2.75, 3.05) is 19.8 Å². The van der Waals surface area contributed by atoms with E-state index < -0.39 is 7.12 Å². The van der Waals surface area contributed by atoms with E-state index >= 15 is 0 Å². The van der Waals surface area contributed by atoms with Crippen LogP contribution in [0.15, 0.2) is 42.5 Å². The Bertz CT molecular complexity index is 564. The Kier molecular flexibility index (Phi) is 7.55. The van der Waals surface area contributed by atoms with Crippen molar-refractivity contribution in [2.45, 2.75) is 20.8 Å². The summed E-state index contributed by atoms with van der Waals surface area (Å²) < 4.78 is 5.50. The molecule has 0 amide bonds. The highest BCUT2D eigenvalue weighted by Gasteiger charge is 2.20. The Morgan fingerprint density at radius 1 is 0.955 bits per heavy atom. The molecule has 3 N–H and O–H groups in total. The second kappa shape index (κ2) is 8.91. The summed E-state index contributed by atoms with van der Waals surface area (Å²) in [5.74, 6) is 0. The van der Waals surface area contributed by atoms with E-state index in [9.17, 15) is 5.02 Å². The minimum absolute atomic E-state index is 0.0534. The molecule has 0 saturated carbocycles. The molecule has 0 atom stereocenters. The van der Waals surface area contributed by atoms with Crippen LogP contribution in [0.25, 0.3) is 10.8 Å². The number of aliphatic hydroxyl groups excluding tert-OH is 2. The third-order valence-electron chi connectivity index (χ3n) is 2.83. The van der Waals surface area contributed by atoms with Gasteiger partial charge in [0.25, 0.3) is 0 Å². The van der Waals surface area contributed by atoms with E-state index in [0.717, 1.165) is 10.8 Å². The first kappa shape index (κ1) is 18.7. The van der Waals surface area contributed by atoms with Crippen molar-refractivity contribution < 1.29 is 19.9 Å². The molecule has 0 radical (unpaired) electrons. The van der Waals surface area contributed by atoms with E-state index in [1.54, 1.807) is 0 Å². The standard InChI is InChI=1S/C15H19BO2.C2H6O2/c1-15(2,3)11-18-16(17)14-9-8-12-6-4-5-7-13(12)10-14;3-1-2-4/h4-10,17H,11H2,1-3H3;3-4H,1-2H2. The van der Waals surface area contributed by atoms with Gasteiger partial charge in [-0.05, 0) is 21.7 Å². The van der Waals surface area contributed by atoms with E-state index in [-0.39, 0.29) is 18.6 Å². The molecular formula is C17H25BO4. The van der Waals surface area contributed by atoms with E-state index in [1.807, 2.05) is 36.4 Å². The van der Waals surface area contributed by atoms with Crippen LogP contribution in [0.2, 0.25) is 0 Å². The van der Waals surface area contributed by atoms with Gasteiger partial charge in [-0.1, -0.05) is 63.2 Å². The Morgan fingerprint density at radius 3 is 2.09 bits per heavy atom. The third kappa shape index (κ3) is 6.58. The molecule has 22 heavy (non-hydrogen) atoms. The first-order valence-electron chi connectivity index (χ1n) is 7.37. The van der Waals surface area contributed by atoms with Crippen molar-refractivity contribution in [3.8, 4) is 0 Å². The molecule has 2 aromatic carbocycles. The van der Waals surface area contributed by atoms with Crippen molar-refractivity contribution >= 4 is 23.4 Å². The zero-order valence-corrected chi connectivity index (χ0v) is 13.5. The molecule has 5 heteroatoms. The van der Waals surface area contributed by atoms with Gasteiger partial charge >= 0.3 is 7.12 Å². The highest BCUT2D eigenvalue weighted by atomic mass is 16.5. The minimum atomic E-state index is -0.853. The lowest BCUT2D eigenvalue weighted by Gasteiger charge is -2.19. The number of benzene rings is 2. The first-order valence-corrected chi connectivity index (χ1v) is 7.37. The van der Waals surface area contributed by atoms with Gasteiger partial charge in [0.1, 0.15) is 0 Å². The van der Waals surface area contributed by atoms with Gasteiger partial charge in [-0.3, -0.25) is 0 Å². The van der Waals surface area contributed by atoms with Crippen molar-refractivity contribution in [1.82, 2.24) is 0 Å². The molecule has 4 nitrogen and oxygen atoms in total. The summed E-state index contributed by atoms with van der Waals surface area (Å²) in [5.41, 5.74) is 0.857. The largest absolute Gasteiger partial charge is 0.491 e. The van der Waals surface area contributed by atoms with Gasteiger partial charge in [0, 0.05) is 6.61 Å². The Balaban J connectivity index is 0.000000541. The SMILES string of the molecule is CC(C)(C)COB(O)c1ccc2ccccc2c1.OCCO. The van der Waals surface area contributed by atoms with Crippen LogP contribution in [0, 0.1) is 5.41 Å². The maximum absolute atomic E-state index is 10.0. The Labute approximate surface area is 132 Å². The molecule has 0 saturated heterocycles. The van der Waals surface area contributed by atoms with Gasteiger partial charge in [0.15, 0.2) is 0 Å². The topological polar surface area (TPSA) is 69.9 Å². The monoisotopic (exact) mass is 304 g/mol. The molecule has 0 bridgehead atoms. The fraction of sp³-hybridized carbons (Fsp3) is 0.412. The van der Waals surface area contributed by atoms with E-state index in [2.05, 4.69) is 26.8 Å². The summed E-state index contributed by atoms with van der Waals surface area (Å²) in [4.78, 5) is 0. The molecule has 0 heterocycles. The van der Waals surface area contributed by atoms with Crippen molar-refractivity contribution in [2.24, 2.45) is 5.41 Å². The third-order valence-corrected chi connectivity index (χ3v) is 2.83. The van der Waals surface area contributed by atoms with E-state index in [1.165, 1.54) is 5.39 Å². The molecule has 2 rings (SSSR count). The lowest BCUT2D eigenvalue weighted by Crippen LogP contribution is -2.36. The molecule has 0 unspecified atom stereocenters. The van der Waals surface area contributed by atoms with Crippen molar-refractivity contribution in [3.05, 3.63) is 42.5 Å². The molecule has 0 spiro atoms. The Morgan fingerprint density at radius 2 is 1.55 bits per heavy atom. The second-order valence-electron chi connectivity index (χ2n) is 6.28. The number of aliphatic hydroxyl groups is 2. The fourth-order valence-electron chi connectivity index (χ4n) is 1.79. The summed E-state index contributed by atoms with van der Waals surface area (Å²) in [7, 11) is -0.853. The van der Waals surface area contributed by atoms with E-state index in [0.29, 0.717) is 6.61 Å². The van der Waals surface area contributed by atoms with Crippen LogP contribution in [0.3, 0.4) is 0 Å². The highest BCUT2D eigenvalue weighted by Crippen LogP contribution is 2.14. The van der Waals surface area contributed by atoms with E-state index in [4.69, 9.17) is 14.9 Å². The van der Waals surface area contributed by atoms with Crippen molar-refractivity contribution in [3.63, 3.8) is 0 Å². The molecule has 0 aliphatic heterocycles. The minimum Gasteiger partial charge on any atom is -0.423 e. The average Bonchev–Trinajstić information content (AvgIpc) is 2.51. The van der Waals surface area contributed by atoms with Crippen LogP contribution in [0.1, 0.15) is 20.8 Å². The zero-order valence-electron chi connectivity index (χ0n) is 13.5. The number of hydrogen-bond acceptors (Lipinski definition) is 4. The number of rotatable bonds is 4. The Hall–Kier alpha value is -1.40. The quantitative estimate of drug-likeness (QED) is 0.750. The maximum Gasteiger partial charge on any atom is 0.491 e. The molecule has 0 aliphatic carbocycles. The summed E-state index contributed by atoms with van der Waals surface area (Å²) in [6, 6.07) is 14.0. The fourth-order valence-corrected chi connectivity index (χ4v) is 1.79. The first-order chi connectivity index (χ1) is 10.4. The van der Waals surface area contributed by atoms with Gasteiger partial charge in [-0.25, -0.2) is 0 Å². The summed E-state index contributed by atoms with van der Waals surface area (Å²) in [5, 5.41) is 27.6. The normalized spacial score (nSPS) is 11.0. The van der Waals surface area contributed by atoms with Gasteiger partial charge in [0.05, 0.1) is 13.2 Å². The second-order valence-corrected chi connectivity index (χ2v) is 6.28. The highest BCUT2D eigenvalue weighted by molar-refractivity contribution is 6.60. The molecular weight excluding hydrogens is 279 g/mol. The average molecular weight is 304 g/mol. The maximum atomic E-state index is 10.0. The predicted molar refractivity (Wildman–Crippen MR) is 91.1 cm³/mol. The number of hydrogen-bond donors (Lipinski definition) is 3. The van der Waals surface area contributed by atoms with Crippen LogP contribution in [-0.4, -0.2) is 42.2 Å². The molecule has 0 aromatic heterocycles. The smallest absolute Gasteiger partial charge is 0.423 e. The van der Waals surface area contributed by atoms with Crippen LogP contribution < -0.4 is 5.46 Å². The van der Waals surface area contributed by atoms with Crippen LogP contribution >= 0.6 is 0 Å². The van der Waals surface area contributed by atoms with Crippen LogP contribution in [0.4, 0.5) is 0 Å². The van der Waals surface area contributed by atoms with Crippen LogP contribution in [-0.2, 0) is 4.65 Å². The van der Waals surface area contributed by atoms with Crippen LogP contribution in [0.5, 0.6) is 0 Å².